The van der Waals surface area contributed by atoms with E-state index >= 15 is 0 Å². The first-order chi connectivity index (χ1) is 13.1. The van der Waals surface area contributed by atoms with E-state index in [4.69, 9.17) is 16.6 Å². The molecule has 0 saturated heterocycles. The quantitative estimate of drug-likeness (QED) is 0.736. The summed E-state index contributed by atoms with van der Waals surface area (Å²) in [7, 11) is 0. The first kappa shape index (κ1) is 20.8. The van der Waals surface area contributed by atoms with Gasteiger partial charge in [-0.05, 0) is 43.3 Å². The minimum atomic E-state index is -3.26. The first-order valence-corrected chi connectivity index (χ1v) is 8.13. The highest BCUT2D eigenvalue weighted by Gasteiger charge is 2.33. The van der Waals surface area contributed by atoms with Crippen molar-refractivity contribution >= 4 is 17.3 Å². The number of benzene rings is 2. The molecule has 0 radical (unpaired) electrons. The van der Waals surface area contributed by atoms with E-state index in [1.807, 2.05) is 6.07 Å². The van der Waals surface area contributed by atoms with Crippen molar-refractivity contribution in [1.29, 1.82) is 5.26 Å². The number of alkyl halides is 2. The van der Waals surface area contributed by atoms with Crippen LogP contribution in [0.2, 0.25) is 0 Å². The van der Waals surface area contributed by atoms with Gasteiger partial charge in [-0.15, -0.1) is 0 Å². The predicted octanol–water partition coefficient (Wildman–Crippen LogP) is 3.99. The van der Waals surface area contributed by atoms with Crippen molar-refractivity contribution in [2.24, 2.45) is 0 Å². The zero-order valence-corrected chi connectivity index (χ0v) is 15.2. The summed E-state index contributed by atoms with van der Waals surface area (Å²) < 4.78 is 32.7. The summed E-state index contributed by atoms with van der Waals surface area (Å²) in [6.45, 7) is 8.44. The number of carbonyl (C=O) groups is 1. The Morgan fingerprint density at radius 3 is 2.46 bits per heavy atom. The van der Waals surface area contributed by atoms with Gasteiger partial charge >= 0.3 is 0 Å². The predicted molar refractivity (Wildman–Crippen MR) is 98.2 cm³/mol. The summed E-state index contributed by atoms with van der Waals surface area (Å²) in [6.07, 6.45) is 0. The third-order valence-corrected chi connectivity index (χ3v) is 3.84. The Morgan fingerprint density at radius 1 is 1.29 bits per heavy atom. The van der Waals surface area contributed by atoms with Gasteiger partial charge in [0.2, 0.25) is 0 Å². The molecule has 0 saturated carbocycles. The van der Waals surface area contributed by atoms with Gasteiger partial charge in [-0.2, -0.15) is 5.26 Å². The van der Waals surface area contributed by atoms with Crippen LogP contribution in [-0.4, -0.2) is 23.2 Å². The van der Waals surface area contributed by atoms with Crippen LogP contribution in [0, 0.1) is 17.9 Å². The Balaban J connectivity index is 2.10. The van der Waals surface area contributed by atoms with Gasteiger partial charge in [-0.25, -0.2) is 13.6 Å². The Bertz CT molecular complexity index is 953. The van der Waals surface area contributed by atoms with Crippen LogP contribution in [0.5, 0.6) is 5.75 Å². The second kappa shape index (κ2) is 8.03. The van der Waals surface area contributed by atoms with Crippen molar-refractivity contribution < 1.29 is 23.4 Å². The van der Waals surface area contributed by atoms with Crippen LogP contribution in [-0.2, 0) is 10.7 Å². The number of nitriles is 1. The van der Waals surface area contributed by atoms with E-state index < -0.39 is 29.6 Å². The zero-order chi connectivity index (χ0) is 20.9. The molecule has 0 heterocycles. The third kappa shape index (κ3) is 5.03. The standard InChI is InChI=1S/C20H17F2N3O3/c1-19(27,12-28-15-7-4-13(11-23)5-8-15)18(26)25-14-6-9-17(24-3)16(10-14)20(2,21)22/h4-10,27H,12H2,1-2H3,(H,25,26)/t19-/m0/s1. The zero-order valence-electron chi connectivity index (χ0n) is 15.2. The van der Waals surface area contributed by atoms with E-state index in [-0.39, 0.29) is 11.4 Å². The molecule has 6 nitrogen and oxygen atoms in total. The minimum Gasteiger partial charge on any atom is -0.490 e. The van der Waals surface area contributed by atoms with E-state index in [0.717, 1.165) is 6.07 Å². The number of hydrogen-bond donors (Lipinski definition) is 2. The Morgan fingerprint density at radius 2 is 1.93 bits per heavy atom. The van der Waals surface area contributed by atoms with Crippen molar-refractivity contribution in [1.82, 2.24) is 0 Å². The molecular formula is C20H17F2N3O3. The molecule has 0 aliphatic heterocycles. The van der Waals surface area contributed by atoms with Crippen LogP contribution in [0.15, 0.2) is 42.5 Å². The van der Waals surface area contributed by atoms with Gasteiger partial charge in [-0.3, -0.25) is 4.79 Å². The summed E-state index contributed by atoms with van der Waals surface area (Å²) in [5.74, 6) is -3.77. The van der Waals surface area contributed by atoms with Crippen molar-refractivity contribution in [2.45, 2.75) is 25.4 Å². The van der Waals surface area contributed by atoms with Crippen LogP contribution in [0.3, 0.4) is 0 Å². The summed E-state index contributed by atoms with van der Waals surface area (Å²) in [6, 6.07) is 11.5. The highest BCUT2D eigenvalue weighted by Crippen LogP contribution is 2.36. The molecule has 2 N–H and O–H groups in total. The molecule has 8 heteroatoms. The van der Waals surface area contributed by atoms with Crippen LogP contribution >= 0.6 is 0 Å². The number of nitrogens with one attached hydrogen (secondary N) is 1. The van der Waals surface area contributed by atoms with Gasteiger partial charge in [0.15, 0.2) is 11.3 Å². The average Bonchev–Trinajstić information content (AvgIpc) is 2.66. The molecule has 2 rings (SSSR count). The first-order valence-electron chi connectivity index (χ1n) is 8.13. The third-order valence-electron chi connectivity index (χ3n) is 3.84. The van der Waals surface area contributed by atoms with Gasteiger partial charge in [0.25, 0.3) is 11.8 Å². The second-order valence-electron chi connectivity index (χ2n) is 6.38. The lowest BCUT2D eigenvalue weighted by molar-refractivity contribution is -0.135. The molecule has 0 spiro atoms. The minimum absolute atomic E-state index is 0.0209. The number of carbonyl (C=O) groups excluding carboxylic acids is 1. The number of hydrogen-bond acceptors (Lipinski definition) is 4. The molecule has 144 valence electrons. The summed E-state index contributed by atoms with van der Waals surface area (Å²) in [5.41, 5.74) is -2.24. The lowest BCUT2D eigenvalue weighted by Crippen LogP contribution is -2.45. The number of rotatable bonds is 6. The fraction of sp³-hybridized carbons (Fsp3) is 0.250. The van der Waals surface area contributed by atoms with Gasteiger partial charge in [0.1, 0.15) is 12.4 Å². The highest BCUT2D eigenvalue weighted by molar-refractivity contribution is 5.97. The lowest BCUT2D eigenvalue weighted by Gasteiger charge is -2.23. The summed E-state index contributed by atoms with van der Waals surface area (Å²) in [5, 5.41) is 21.5. The molecule has 0 aromatic heterocycles. The molecule has 0 aliphatic rings. The van der Waals surface area contributed by atoms with E-state index in [9.17, 15) is 18.7 Å². The Hall–Kier alpha value is -3.49. The Kier molecular flexibility index (Phi) is 5.97. The molecule has 0 fully saturated rings. The van der Waals surface area contributed by atoms with Crippen LogP contribution < -0.4 is 10.1 Å². The fourth-order valence-corrected chi connectivity index (χ4v) is 2.24. The summed E-state index contributed by atoms with van der Waals surface area (Å²) >= 11 is 0. The number of nitrogens with zero attached hydrogens (tertiary/aromatic N) is 2. The smallest absolute Gasteiger partial charge is 0.261 e. The van der Waals surface area contributed by atoms with Gasteiger partial charge in [0, 0.05) is 18.2 Å². The molecule has 1 amide bonds. The fourth-order valence-electron chi connectivity index (χ4n) is 2.24. The van der Waals surface area contributed by atoms with Crippen molar-refractivity contribution in [3.63, 3.8) is 0 Å². The molecule has 0 aliphatic carbocycles. The molecule has 28 heavy (non-hydrogen) atoms. The number of aliphatic hydroxyl groups is 1. The van der Waals surface area contributed by atoms with E-state index in [0.29, 0.717) is 18.2 Å². The maximum absolute atomic E-state index is 13.7. The normalized spacial score (nSPS) is 13.0. The number of halogens is 2. The molecule has 2 aromatic carbocycles. The number of anilines is 1. The topological polar surface area (TPSA) is 86.7 Å². The van der Waals surface area contributed by atoms with Gasteiger partial charge < -0.3 is 15.2 Å². The molecule has 1 atom stereocenters. The molecule has 0 unspecified atom stereocenters. The van der Waals surface area contributed by atoms with Crippen LogP contribution in [0.1, 0.15) is 25.0 Å². The van der Waals surface area contributed by atoms with Crippen molar-refractivity contribution in [2.75, 3.05) is 11.9 Å². The lowest BCUT2D eigenvalue weighted by atomic mass is 10.0. The monoisotopic (exact) mass is 385 g/mol. The Labute approximate surface area is 160 Å². The van der Waals surface area contributed by atoms with Gasteiger partial charge in [0.05, 0.1) is 18.2 Å². The molecule has 2 aromatic rings. The number of amides is 1. The van der Waals surface area contributed by atoms with Crippen molar-refractivity contribution in [3.8, 4) is 11.8 Å². The average molecular weight is 385 g/mol. The molecular weight excluding hydrogens is 368 g/mol. The maximum Gasteiger partial charge on any atom is 0.261 e. The van der Waals surface area contributed by atoms with E-state index in [1.165, 1.54) is 43.3 Å². The van der Waals surface area contributed by atoms with Gasteiger partial charge in [-0.1, -0.05) is 6.07 Å². The van der Waals surface area contributed by atoms with Crippen LogP contribution in [0.4, 0.5) is 20.2 Å². The van der Waals surface area contributed by atoms with Crippen LogP contribution in [0.25, 0.3) is 4.85 Å². The number of ether oxygens (including phenoxy) is 1. The highest BCUT2D eigenvalue weighted by atomic mass is 19.3. The largest absolute Gasteiger partial charge is 0.490 e. The van der Waals surface area contributed by atoms with E-state index in [1.54, 1.807) is 0 Å². The SMILES string of the molecule is [C-]#[N+]c1ccc(NC(=O)[C@@](C)(O)COc2ccc(C#N)cc2)cc1C(C)(F)F. The van der Waals surface area contributed by atoms with Crippen molar-refractivity contribution in [3.05, 3.63) is 65.0 Å². The summed E-state index contributed by atoms with van der Waals surface area (Å²) in [4.78, 5) is 15.4. The second-order valence-corrected chi connectivity index (χ2v) is 6.38. The van der Waals surface area contributed by atoms with E-state index in [2.05, 4.69) is 10.2 Å². The molecule has 0 bridgehead atoms. The maximum atomic E-state index is 13.7.